The summed E-state index contributed by atoms with van der Waals surface area (Å²) >= 11 is 2.92. The summed E-state index contributed by atoms with van der Waals surface area (Å²) in [5, 5.41) is 20.2. The van der Waals surface area contributed by atoms with E-state index in [-0.39, 0.29) is 12.1 Å². The number of carbonyl (C=O) groups is 1. The number of nitrogens with one attached hydrogen (secondary N) is 2. The third-order valence-corrected chi connectivity index (χ3v) is 8.52. The molecule has 0 bridgehead atoms. The van der Waals surface area contributed by atoms with Gasteiger partial charge in [0.25, 0.3) is 0 Å². The Bertz CT molecular complexity index is 1400. The predicted octanol–water partition coefficient (Wildman–Crippen LogP) is 4.05. The lowest BCUT2D eigenvalue weighted by Crippen LogP contribution is -2.42. The predicted molar refractivity (Wildman–Crippen MR) is 146 cm³/mol. The molecule has 3 aromatic heterocycles. The maximum absolute atomic E-state index is 12.3. The Morgan fingerprint density at radius 1 is 1.13 bits per heavy atom. The minimum absolute atomic E-state index is 0.227. The van der Waals surface area contributed by atoms with Crippen molar-refractivity contribution in [3.05, 3.63) is 30.3 Å². The highest BCUT2D eigenvalue weighted by molar-refractivity contribution is 7.99. The number of anilines is 1. The summed E-state index contributed by atoms with van der Waals surface area (Å²) in [7, 11) is 0. The largest absolute Gasteiger partial charge is 0.473 e. The zero-order valence-corrected chi connectivity index (χ0v) is 22.6. The molecule has 0 radical (unpaired) electrons. The smallest absolute Gasteiger partial charge is 0.321 e. The van der Waals surface area contributed by atoms with Gasteiger partial charge in [0.2, 0.25) is 11.0 Å². The standard InChI is InChI=1S/C25H30N8O3S2/c34-23(26-10-11-32-12-14-35-15-13-32)28-24-27-19-7-6-18(16-20(19)38-24)37-25-30-29-21-8-9-22(31-33(21)25)36-17-4-2-1-3-5-17/h6-9,16-17H,1-5,10-15H2,(H2,26,27,28,34). The van der Waals surface area contributed by atoms with Crippen LogP contribution in [-0.4, -0.2) is 81.2 Å². The van der Waals surface area contributed by atoms with Crippen molar-refractivity contribution in [1.82, 2.24) is 35.0 Å². The van der Waals surface area contributed by atoms with Gasteiger partial charge in [0.15, 0.2) is 10.8 Å². The van der Waals surface area contributed by atoms with Gasteiger partial charge < -0.3 is 14.8 Å². The van der Waals surface area contributed by atoms with Crippen molar-refractivity contribution in [1.29, 1.82) is 0 Å². The lowest BCUT2D eigenvalue weighted by atomic mass is 9.98. The Balaban J connectivity index is 1.08. The number of amides is 2. The van der Waals surface area contributed by atoms with Gasteiger partial charge in [0.1, 0.15) is 6.10 Å². The van der Waals surface area contributed by atoms with Crippen LogP contribution < -0.4 is 15.4 Å². The Labute approximate surface area is 228 Å². The number of fused-ring (bicyclic) bond motifs is 2. The van der Waals surface area contributed by atoms with Crippen molar-refractivity contribution < 1.29 is 14.3 Å². The van der Waals surface area contributed by atoms with Crippen molar-refractivity contribution in [2.24, 2.45) is 0 Å². The number of rotatable bonds is 8. The molecule has 2 fully saturated rings. The summed E-state index contributed by atoms with van der Waals surface area (Å²) in [6.07, 6.45) is 6.07. The van der Waals surface area contributed by atoms with E-state index in [9.17, 15) is 4.79 Å². The van der Waals surface area contributed by atoms with Crippen LogP contribution in [-0.2, 0) is 4.74 Å². The molecule has 1 saturated carbocycles. The highest BCUT2D eigenvalue weighted by atomic mass is 32.2. The molecular weight excluding hydrogens is 524 g/mol. The molecule has 200 valence electrons. The SMILES string of the molecule is O=C(NCCN1CCOCC1)Nc1nc2ccc(Sc3nnc4ccc(OC5CCCCC5)nn34)cc2s1. The van der Waals surface area contributed by atoms with Crippen molar-refractivity contribution in [3.8, 4) is 5.88 Å². The Morgan fingerprint density at radius 2 is 2.00 bits per heavy atom. The third-order valence-electron chi connectivity index (χ3n) is 6.66. The summed E-state index contributed by atoms with van der Waals surface area (Å²) in [4.78, 5) is 20.2. The van der Waals surface area contributed by atoms with E-state index in [1.54, 1.807) is 4.52 Å². The van der Waals surface area contributed by atoms with Crippen LogP contribution in [0.15, 0.2) is 40.4 Å². The van der Waals surface area contributed by atoms with E-state index in [4.69, 9.17) is 9.47 Å². The number of morpholine rings is 1. The zero-order chi connectivity index (χ0) is 25.7. The van der Waals surface area contributed by atoms with Crippen molar-refractivity contribution in [2.45, 2.75) is 48.3 Å². The molecule has 1 aromatic carbocycles. The molecule has 0 atom stereocenters. The topological polar surface area (TPSA) is 119 Å². The minimum atomic E-state index is -0.251. The second-order valence-electron chi connectivity index (χ2n) is 9.39. The summed E-state index contributed by atoms with van der Waals surface area (Å²) in [6.45, 7) is 4.67. The molecule has 0 unspecified atom stereocenters. The van der Waals surface area contributed by atoms with Crippen LogP contribution in [0.4, 0.5) is 9.93 Å². The van der Waals surface area contributed by atoms with E-state index in [0.29, 0.717) is 28.4 Å². The molecule has 0 spiro atoms. The van der Waals surface area contributed by atoms with Gasteiger partial charge in [-0.15, -0.1) is 15.3 Å². The number of urea groups is 1. The lowest BCUT2D eigenvalue weighted by molar-refractivity contribution is 0.0388. The molecule has 1 aliphatic carbocycles. The second kappa shape index (κ2) is 11.8. The molecule has 1 saturated heterocycles. The number of hydrogen-bond donors (Lipinski definition) is 2. The highest BCUT2D eigenvalue weighted by Gasteiger charge is 2.17. The maximum Gasteiger partial charge on any atom is 0.321 e. The van der Waals surface area contributed by atoms with Crippen molar-refractivity contribution >= 4 is 50.1 Å². The molecule has 38 heavy (non-hydrogen) atoms. The fourth-order valence-electron chi connectivity index (χ4n) is 4.65. The number of carbonyl (C=O) groups excluding carboxylic acids is 1. The van der Waals surface area contributed by atoms with Crippen molar-refractivity contribution in [3.63, 3.8) is 0 Å². The first-order chi connectivity index (χ1) is 18.7. The second-order valence-corrected chi connectivity index (χ2v) is 11.5. The number of hydrogen-bond acceptors (Lipinski definition) is 10. The fourth-order valence-corrected chi connectivity index (χ4v) is 6.45. The number of ether oxygens (including phenoxy) is 2. The molecule has 4 aromatic rings. The van der Waals surface area contributed by atoms with Crippen LogP contribution in [0.1, 0.15) is 32.1 Å². The first-order valence-electron chi connectivity index (χ1n) is 13.0. The van der Waals surface area contributed by atoms with Gasteiger partial charge in [-0.1, -0.05) is 17.8 Å². The molecule has 4 heterocycles. The minimum Gasteiger partial charge on any atom is -0.473 e. The van der Waals surface area contributed by atoms with Crippen LogP contribution in [0.3, 0.4) is 0 Å². The molecule has 6 rings (SSSR count). The van der Waals surface area contributed by atoms with Crippen LogP contribution in [0.5, 0.6) is 5.88 Å². The van der Waals surface area contributed by atoms with E-state index in [1.165, 1.54) is 42.4 Å². The molecule has 11 nitrogen and oxygen atoms in total. The molecular formula is C25H30N8O3S2. The molecule has 2 aliphatic rings. The first kappa shape index (κ1) is 25.3. The van der Waals surface area contributed by atoms with Crippen LogP contribution >= 0.6 is 23.1 Å². The van der Waals surface area contributed by atoms with Crippen LogP contribution in [0.2, 0.25) is 0 Å². The van der Waals surface area contributed by atoms with Crippen molar-refractivity contribution in [2.75, 3.05) is 44.7 Å². The van der Waals surface area contributed by atoms with Gasteiger partial charge in [-0.25, -0.2) is 9.78 Å². The fraction of sp³-hybridized carbons (Fsp3) is 0.480. The van der Waals surface area contributed by atoms with Gasteiger partial charge in [-0.3, -0.25) is 10.2 Å². The zero-order valence-electron chi connectivity index (χ0n) is 21.0. The number of aromatic nitrogens is 5. The summed E-state index contributed by atoms with van der Waals surface area (Å²) in [6, 6.07) is 9.48. The molecule has 1 aliphatic heterocycles. The third kappa shape index (κ3) is 6.17. The molecule has 2 amide bonds. The monoisotopic (exact) mass is 554 g/mol. The van der Waals surface area contributed by atoms with E-state index in [1.807, 2.05) is 30.3 Å². The van der Waals surface area contributed by atoms with E-state index < -0.39 is 0 Å². The summed E-state index contributed by atoms with van der Waals surface area (Å²) in [5.74, 6) is 0.600. The molecule has 13 heteroatoms. The Hall–Kier alpha value is -3.00. The average Bonchev–Trinajstić information content (AvgIpc) is 3.52. The van der Waals surface area contributed by atoms with Gasteiger partial charge in [-0.2, -0.15) is 4.52 Å². The van der Waals surface area contributed by atoms with Crippen LogP contribution in [0, 0.1) is 0 Å². The highest BCUT2D eigenvalue weighted by Crippen LogP contribution is 2.33. The summed E-state index contributed by atoms with van der Waals surface area (Å²) in [5.41, 5.74) is 1.50. The average molecular weight is 555 g/mol. The first-order valence-corrected chi connectivity index (χ1v) is 14.7. The molecule has 2 N–H and O–H groups in total. The summed E-state index contributed by atoms with van der Waals surface area (Å²) < 4.78 is 14.2. The number of nitrogens with zero attached hydrogens (tertiary/aromatic N) is 6. The maximum atomic E-state index is 12.3. The quantitative estimate of drug-likeness (QED) is 0.332. The van der Waals surface area contributed by atoms with Gasteiger partial charge in [0, 0.05) is 37.1 Å². The lowest BCUT2D eigenvalue weighted by Gasteiger charge is -2.26. The number of thiazole rings is 1. The Morgan fingerprint density at radius 3 is 2.87 bits per heavy atom. The van der Waals surface area contributed by atoms with E-state index in [2.05, 4.69) is 35.8 Å². The normalized spacial score (nSPS) is 17.2. The van der Waals surface area contributed by atoms with E-state index >= 15 is 0 Å². The van der Waals surface area contributed by atoms with Gasteiger partial charge >= 0.3 is 6.03 Å². The van der Waals surface area contributed by atoms with Crippen LogP contribution in [0.25, 0.3) is 15.9 Å². The van der Waals surface area contributed by atoms with Gasteiger partial charge in [-0.05, 0) is 61.7 Å². The number of benzene rings is 1. The van der Waals surface area contributed by atoms with Gasteiger partial charge in [0.05, 0.1) is 23.4 Å². The Kier molecular flexibility index (Phi) is 7.86. The van der Waals surface area contributed by atoms with E-state index in [0.717, 1.165) is 60.8 Å².